The van der Waals surface area contributed by atoms with E-state index in [-0.39, 0.29) is 17.2 Å². The van der Waals surface area contributed by atoms with Crippen molar-refractivity contribution in [3.63, 3.8) is 0 Å². The number of rotatable bonds is 2. The second kappa shape index (κ2) is 4.60. The number of Topliss-reactive ketones (excluding diaryl/α,β-unsaturated/α-hetero) is 1. The van der Waals surface area contributed by atoms with Gasteiger partial charge in [0.2, 0.25) is 0 Å². The van der Waals surface area contributed by atoms with Gasteiger partial charge in [-0.25, -0.2) is 18.7 Å². The van der Waals surface area contributed by atoms with Gasteiger partial charge in [0.05, 0.1) is 11.3 Å². The van der Waals surface area contributed by atoms with Crippen molar-refractivity contribution in [2.45, 2.75) is 13.8 Å². The zero-order chi connectivity index (χ0) is 13.3. The van der Waals surface area contributed by atoms with Crippen LogP contribution in [0.25, 0.3) is 11.4 Å². The van der Waals surface area contributed by atoms with Crippen molar-refractivity contribution >= 4 is 5.78 Å². The molecular weight excluding hydrogens is 238 g/mol. The van der Waals surface area contributed by atoms with Crippen molar-refractivity contribution in [3.05, 3.63) is 47.3 Å². The summed E-state index contributed by atoms with van der Waals surface area (Å²) in [5, 5.41) is 0. The van der Waals surface area contributed by atoms with E-state index in [1.165, 1.54) is 13.1 Å². The summed E-state index contributed by atoms with van der Waals surface area (Å²) in [6, 6.07) is 3.07. The Morgan fingerprint density at radius 1 is 1.17 bits per heavy atom. The Balaban J connectivity index is 2.52. The highest BCUT2D eigenvalue weighted by Gasteiger charge is 2.10. The highest BCUT2D eigenvalue weighted by molar-refractivity contribution is 5.94. The van der Waals surface area contributed by atoms with Crippen molar-refractivity contribution in [1.29, 1.82) is 0 Å². The van der Waals surface area contributed by atoms with Gasteiger partial charge in [-0.3, -0.25) is 4.79 Å². The van der Waals surface area contributed by atoms with Gasteiger partial charge in [0.15, 0.2) is 11.6 Å². The second-order valence-corrected chi connectivity index (χ2v) is 3.91. The molecule has 0 N–H and O–H groups in total. The first-order valence-electron chi connectivity index (χ1n) is 5.28. The van der Waals surface area contributed by atoms with E-state index >= 15 is 0 Å². The van der Waals surface area contributed by atoms with Gasteiger partial charge in [-0.2, -0.15) is 0 Å². The molecule has 2 rings (SSSR count). The van der Waals surface area contributed by atoms with Crippen LogP contribution in [0.4, 0.5) is 8.78 Å². The van der Waals surface area contributed by atoms with E-state index in [0.717, 1.165) is 18.2 Å². The van der Waals surface area contributed by atoms with Crippen molar-refractivity contribution in [3.8, 4) is 11.4 Å². The Labute approximate surface area is 103 Å². The summed E-state index contributed by atoms with van der Waals surface area (Å²) in [4.78, 5) is 19.3. The van der Waals surface area contributed by atoms with Gasteiger partial charge < -0.3 is 0 Å². The number of hydrogen-bond acceptors (Lipinski definition) is 3. The zero-order valence-electron chi connectivity index (χ0n) is 9.87. The summed E-state index contributed by atoms with van der Waals surface area (Å²) in [7, 11) is 0. The minimum Gasteiger partial charge on any atom is -0.294 e. The normalized spacial score (nSPS) is 10.4. The van der Waals surface area contributed by atoms with Crippen molar-refractivity contribution < 1.29 is 13.6 Å². The van der Waals surface area contributed by atoms with E-state index < -0.39 is 11.6 Å². The molecule has 1 aromatic carbocycles. The molecule has 0 saturated heterocycles. The van der Waals surface area contributed by atoms with Gasteiger partial charge >= 0.3 is 0 Å². The molecule has 0 aliphatic carbocycles. The van der Waals surface area contributed by atoms with E-state index in [4.69, 9.17) is 0 Å². The average molecular weight is 248 g/mol. The van der Waals surface area contributed by atoms with Gasteiger partial charge in [-0.1, -0.05) is 0 Å². The lowest BCUT2D eigenvalue weighted by atomic mass is 10.1. The highest BCUT2D eigenvalue weighted by atomic mass is 19.1. The predicted molar refractivity (Wildman–Crippen MR) is 62.1 cm³/mol. The molecule has 0 bridgehead atoms. The summed E-state index contributed by atoms with van der Waals surface area (Å²) in [6.45, 7) is 3.06. The molecule has 1 aromatic heterocycles. The summed E-state index contributed by atoms with van der Waals surface area (Å²) in [5.41, 5.74) is 1.12. The third-order valence-electron chi connectivity index (χ3n) is 2.48. The lowest BCUT2D eigenvalue weighted by Crippen LogP contribution is -2.02. The first kappa shape index (κ1) is 12.3. The van der Waals surface area contributed by atoms with Crippen LogP contribution in [0, 0.1) is 18.6 Å². The Hall–Kier alpha value is -2.17. The van der Waals surface area contributed by atoms with Crippen LogP contribution in [0.3, 0.4) is 0 Å². The zero-order valence-corrected chi connectivity index (χ0v) is 9.87. The van der Waals surface area contributed by atoms with Gasteiger partial charge in [0, 0.05) is 17.8 Å². The smallest absolute Gasteiger partial charge is 0.163 e. The Morgan fingerprint density at radius 2 is 1.78 bits per heavy atom. The summed E-state index contributed by atoms with van der Waals surface area (Å²) in [5.74, 6) is -1.34. The number of carbonyl (C=O) groups excluding carboxylic acids is 1. The molecule has 0 unspecified atom stereocenters. The number of benzene rings is 1. The van der Waals surface area contributed by atoms with Gasteiger partial charge in [-0.15, -0.1) is 0 Å². The molecule has 0 fully saturated rings. The molecular formula is C13H10F2N2O. The SMILES string of the molecule is CC(=O)c1cnc(-c2cc(F)cc(F)c2)nc1C. The number of carbonyl (C=O) groups is 1. The van der Waals surface area contributed by atoms with Crippen molar-refractivity contribution in [2.24, 2.45) is 0 Å². The molecule has 1 heterocycles. The molecule has 0 amide bonds. The monoisotopic (exact) mass is 248 g/mol. The van der Waals surface area contributed by atoms with Crippen LogP contribution in [0.2, 0.25) is 0 Å². The van der Waals surface area contributed by atoms with E-state index in [9.17, 15) is 13.6 Å². The van der Waals surface area contributed by atoms with Crippen LogP contribution in [-0.4, -0.2) is 15.8 Å². The topological polar surface area (TPSA) is 42.9 Å². The number of ketones is 1. The van der Waals surface area contributed by atoms with Crippen LogP contribution in [0.5, 0.6) is 0 Å². The van der Waals surface area contributed by atoms with Crippen molar-refractivity contribution in [1.82, 2.24) is 9.97 Å². The maximum Gasteiger partial charge on any atom is 0.163 e. The quantitative estimate of drug-likeness (QED) is 0.767. The molecule has 92 valence electrons. The Bertz CT molecular complexity index is 606. The van der Waals surface area contributed by atoms with Crippen LogP contribution < -0.4 is 0 Å². The summed E-state index contributed by atoms with van der Waals surface area (Å²) < 4.78 is 26.1. The summed E-state index contributed by atoms with van der Waals surface area (Å²) >= 11 is 0. The van der Waals surface area contributed by atoms with Crippen molar-refractivity contribution in [2.75, 3.05) is 0 Å². The largest absolute Gasteiger partial charge is 0.294 e. The maximum atomic E-state index is 13.1. The molecule has 0 spiro atoms. The van der Waals surface area contributed by atoms with Crippen LogP contribution >= 0.6 is 0 Å². The fourth-order valence-electron chi connectivity index (χ4n) is 1.63. The van der Waals surface area contributed by atoms with Crippen LogP contribution in [0.1, 0.15) is 23.0 Å². The first-order valence-corrected chi connectivity index (χ1v) is 5.28. The molecule has 18 heavy (non-hydrogen) atoms. The molecule has 0 aliphatic rings. The minimum atomic E-state index is -0.693. The third-order valence-corrected chi connectivity index (χ3v) is 2.48. The number of hydrogen-bond donors (Lipinski definition) is 0. The van der Waals surface area contributed by atoms with E-state index in [2.05, 4.69) is 9.97 Å². The number of aromatic nitrogens is 2. The van der Waals surface area contributed by atoms with Gasteiger partial charge in [0.1, 0.15) is 11.6 Å². The fraction of sp³-hybridized carbons (Fsp3) is 0.154. The minimum absolute atomic E-state index is 0.149. The lowest BCUT2D eigenvalue weighted by molar-refractivity contribution is 0.101. The molecule has 5 heteroatoms. The average Bonchev–Trinajstić information content (AvgIpc) is 2.26. The first-order chi connectivity index (χ1) is 8.47. The van der Waals surface area contributed by atoms with Gasteiger partial charge in [0.25, 0.3) is 0 Å². The molecule has 0 radical (unpaired) electrons. The van der Waals surface area contributed by atoms with Crippen LogP contribution in [-0.2, 0) is 0 Å². The van der Waals surface area contributed by atoms with Gasteiger partial charge in [-0.05, 0) is 26.0 Å². The van der Waals surface area contributed by atoms with E-state index in [0.29, 0.717) is 11.3 Å². The maximum absolute atomic E-state index is 13.1. The molecule has 2 aromatic rings. The molecule has 0 atom stereocenters. The summed E-state index contributed by atoms with van der Waals surface area (Å²) in [6.07, 6.45) is 1.36. The lowest BCUT2D eigenvalue weighted by Gasteiger charge is -2.05. The third kappa shape index (κ3) is 2.40. The number of halogens is 2. The van der Waals surface area contributed by atoms with Crippen LogP contribution in [0.15, 0.2) is 24.4 Å². The number of aryl methyl sites for hydroxylation is 1. The molecule has 0 aliphatic heterocycles. The second-order valence-electron chi connectivity index (χ2n) is 3.91. The predicted octanol–water partition coefficient (Wildman–Crippen LogP) is 2.93. The standard InChI is InChI=1S/C13H10F2N2O/c1-7-12(8(2)18)6-16-13(17-7)9-3-10(14)5-11(15)4-9/h3-6H,1-2H3. The highest BCUT2D eigenvalue weighted by Crippen LogP contribution is 2.19. The Kier molecular flexibility index (Phi) is 3.14. The van der Waals surface area contributed by atoms with E-state index in [1.54, 1.807) is 6.92 Å². The Morgan fingerprint density at radius 3 is 2.28 bits per heavy atom. The molecule has 3 nitrogen and oxygen atoms in total. The molecule has 0 saturated carbocycles. The number of nitrogens with zero attached hydrogens (tertiary/aromatic N) is 2. The van der Waals surface area contributed by atoms with E-state index in [1.807, 2.05) is 0 Å². The fourth-order valence-corrected chi connectivity index (χ4v) is 1.63.